The monoisotopic (exact) mass is 605 g/mol. The molecule has 1 unspecified atom stereocenters. The van der Waals surface area contributed by atoms with Crippen LogP contribution in [0.3, 0.4) is 0 Å². The van der Waals surface area contributed by atoms with Crippen LogP contribution in [0.15, 0.2) is 57.8 Å². The van der Waals surface area contributed by atoms with Crippen LogP contribution in [0, 0.1) is 19.8 Å². The lowest BCUT2D eigenvalue weighted by Crippen LogP contribution is -2.36. The van der Waals surface area contributed by atoms with Crippen molar-refractivity contribution >= 4 is 22.9 Å². The average molecular weight is 606 g/mol. The fraction of sp³-hybridized carbons (Fsp3) is 0.265. The summed E-state index contributed by atoms with van der Waals surface area (Å²) < 4.78 is 9.51. The molecule has 0 amide bonds. The van der Waals surface area contributed by atoms with Crippen LogP contribution in [0.5, 0.6) is 17.2 Å². The molecule has 11 nitrogen and oxygen atoms in total. The summed E-state index contributed by atoms with van der Waals surface area (Å²) in [5.74, 6) is -0.238. The molecule has 0 fully saturated rings. The number of carbonyl (C=O) groups is 1. The van der Waals surface area contributed by atoms with Gasteiger partial charge in [-0.25, -0.2) is 14.5 Å². The number of fused-ring (bicyclic) bond motifs is 5. The Kier molecular flexibility index (Phi) is 6.16. The summed E-state index contributed by atoms with van der Waals surface area (Å²) in [5.41, 5.74) is 0.502. The predicted octanol–water partition coefficient (Wildman–Crippen LogP) is 4.90. The van der Waals surface area contributed by atoms with E-state index in [1.165, 1.54) is 10.6 Å². The number of Topliss-reactive ketones (excluding diaryl/α,β-unsaturated/α-hetero) is 1. The third-order valence-electron chi connectivity index (χ3n) is 8.92. The smallest absolute Gasteiger partial charge is 0.329 e. The standard InChI is InChI=1S/C34H31N5O6/c1-16(2)13-14-38-31-20(32(43)36-33(38)44)11-12-21(35-31)25-27(40)17(3)28(41)26-29(25)45-23-15-22-24(30(42)34(23,26)5)18(4)37-39(22)19-9-7-6-8-10-19/h6-12,15-16,40-41H,13-14H2,1-5H3,(H,36,43,44). The Labute approximate surface area is 257 Å². The normalized spacial score (nSPS) is 16.8. The molecule has 0 saturated carbocycles. The van der Waals surface area contributed by atoms with E-state index in [2.05, 4.69) is 10.1 Å². The third-order valence-corrected chi connectivity index (χ3v) is 8.92. The number of benzene rings is 2. The number of aromatic hydroxyl groups is 2. The van der Waals surface area contributed by atoms with Crippen molar-refractivity contribution in [2.45, 2.75) is 53.0 Å². The summed E-state index contributed by atoms with van der Waals surface area (Å²) in [6.07, 6.45) is 2.42. The topological polar surface area (TPSA) is 152 Å². The summed E-state index contributed by atoms with van der Waals surface area (Å²) in [6, 6.07) is 12.5. The van der Waals surface area contributed by atoms with Gasteiger partial charge in [-0.1, -0.05) is 32.0 Å². The second-order valence-electron chi connectivity index (χ2n) is 12.2. The minimum Gasteiger partial charge on any atom is -0.507 e. The van der Waals surface area contributed by atoms with Gasteiger partial charge in [0.25, 0.3) is 5.56 Å². The largest absolute Gasteiger partial charge is 0.507 e. The number of phenols is 2. The van der Waals surface area contributed by atoms with E-state index >= 15 is 0 Å². The first-order valence-corrected chi connectivity index (χ1v) is 14.8. The van der Waals surface area contributed by atoms with Crippen LogP contribution in [-0.2, 0) is 12.0 Å². The number of carbonyl (C=O) groups excluding carboxylic acids is 1. The molecule has 0 saturated heterocycles. The molecule has 11 heteroatoms. The minimum atomic E-state index is -1.43. The number of H-pyrrole nitrogens is 1. The fourth-order valence-electron chi connectivity index (χ4n) is 6.36. The number of allylic oxidation sites excluding steroid dienone is 1. The Bertz CT molecular complexity index is 2240. The Hall–Kier alpha value is -5.45. The van der Waals surface area contributed by atoms with Crippen molar-refractivity contribution in [3.05, 3.63) is 97.1 Å². The second kappa shape index (κ2) is 9.78. The van der Waals surface area contributed by atoms with E-state index in [1.807, 2.05) is 44.2 Å². The van der Waals surface area contributed by atoms with E-state index in [-0.39, 0.29) is 62.2 Å². The fourth-order valence-corrected chi connectivity index (χ4v) is 6.36. The zero-order valence-electron chi connectivity index (χ0n) is 25.4. The average Bonchev–Trinajstić information content (AvgIpc) is 3.50. The molecule has 1 aliphatic carbocycles. The van der Waals surface area contributed by atoms with Crippen molar-refractivity contribution in [2.24, 2.45) is 5.92 Å². The molecular formula is C34H31N5O6. The highest BCUT2D eigenvalue weighted by Gasteiger charge is 2.55. The van der Waals surface area contributed by atoms with E-state index in [0.29, 0.717) is 35.8 Å². The van der Waals surface area contributed by atoms with Gasteiger partial charge in [-0.3, -0.25) is 19.1 Å². The van der Waals surface area contributed by atoms with Crippen molar-refractivity contribution in [1.29, 1.82) is 0 Å². The van der Waals surface area contributed by atoms with Gasteiger partial charge in [-0.15, -0.1) is 0 Å². The molecule has 2 aromatic carbocycles. The van der Waals surface area contributed by atoms with Crippen molar-refractivity contribution in [3.63, 3.8) is 0 Å². The molecule has 3 N–H and O–H groups in total. The number of aryl methyl sites for hydroxylation is 2. The summed E-state index contributed by atoms with van der Waals surface area (Å²) in [5, 5.41) is 27.8. The number of phenolic OH excluding ortho intramolecular Hbond substituents is 2. The molecule has 228 valence electrons. The number of rotatable bonds is 5. The van der Waals surface area contributed by atoms with E-state index in [4.69, 9.17) is 9.72 Å². The minimum absolute atomic E-state index is 0.0764. The molecule has 0 bridgehead atoms. The van der Waals surface area contributed by atoms with Crippen molar-refractivity contribution in [3.8, 4) is 34.2 Å². The Morgan fingerprint density at radius 2 is 1.73 bits per heavy atom. The summed E-state index contributed by atoms with van der Waals surface area (Å²) in [7, 11) is 0. The number of ether oxygens (including phenoxy) is 1. The molecule has 0 spiro atoms. The maximum absolute atomic E-state index is 14.4. The summed E-state index contributed by atoms with van der Waals surface area (Å²) >= 11 is 0. The highest BCUT2D eigenvalue weighted by molar-refractivity contribution is 6.14. The molecule has 5 aromatic rings. The van der Waals surface area contributed by atoms with Crippen LogP contribution in [0.4, 0.5) is 0 Å². The maximum atomic E-state index is 14.4. The van der Waals surface area contributed by atoms with Crippen LogP contribution in [0.1, 0.15) is 60.1 Å². The molecule has 4 heterocycles. The number of para-hydroxylation sites is 1. The lowest BCUT2D eigenvalue weighted by molar-refractivity contribution is 0.0905. The van der Waals surface area contributed by atoms with Gasteiger partial charge in [0.1, 0.15) is 34.1 Å². The Morgan fingerprint density at radius 3 is 2.44 bits per heavy atom. The Morgan fingerprint density at radius 1 is 1.00 bits per heavy atom. The van der Waals surface area contributed by atoms with Gasteiger partial charge in [-0.05, 0) is 57.4 Å². The van der Waals surface area contributed by atoms with Crippen molar-refractivity contribution < 1.29 is 19.7 Å². The molecule has 45 heavy (non-hydrogen) atoms. The number of ketones is 1. The van der Waals surface area contributed by atoms with Gasteiger partial charge >= 0.3 is 5.69 Å². The molecule has 7 rings (SSSR count). The lowest BCUT2D eigenvalue weighted by atomic mass is 9.71. The van der Waals surface area contributed by atoms with Crippen LogP contribution in [0.25, 0.3) is 34.1 Å². The number of pyridine rings is 1. The zero-order chi connectivity index (χ0) is 31.9. The number of hydrogen-bond donors (Lipinski definition) is 3. The highest BCUT2D eigenvalue weighted by atomic mass is 16.5. The number of hydrogen-bond acceptors (Lipinski definition) is 8. The predicted molar refractivity (Wildman–Crippen MR) is 168 cm³/mol. The molecular weight excluding hydrogens is 574 g/mol. The summed E-state index contributed by atoms with van der Waals surface area (Å²) in [6.45, 7) is 9.38. The highest BCUT2D eigenvalue weighted by Crippen LogP contribution is 2.60. The zero-order valence-corrected chi connectivity index (χ0v) is 25.4. The number of aromatic nitrogens is 5. The molecule has 1 aliphatic heterocycles. The van der Waals surface area contributed by atoms with Gasteiger partial charge in [0, 0.05) is 18.2 Å². The first kappa shape index (κ1) is 28.3. The first-order valence-electron chi connectivity index (χ1n) is 14.8. The molecule has 1 atom stereocenters. The van der Waals surface area contributed by atoms with E-state index in [1.54, 1.807) is 37.6 Å². The van der Waals surface area contributed by atoms with Crippen molar-refractivity contribution in [1.82, 2.24) is 24.3 Å². The van der Waals surface area contributed by atoms with Gasteiger partial charge < -0.3 is 14.9 Å². The first-order chi connectivity index (χ1) is 21.4. The van der Waals surface area contributed by atoms with Crippen LogP contribution in [-0.4, -0.2) is 40.3 Å². The van der Waals surface area contributed by atoms with Crippen LogP contribution in [0.2, 0.25) is 0 Å². The van der Waals surface area contributed by atoms with Crippen LogP contribution >= 0.6 is 0 Å². The van der Waals surface area contributed by atoms with Crippen molar-refractivity contribution in [2.75, 3.05) is 0 Å². The van der Waals surface area contributed by atoms with Crippen LogP contribution < -0.4 is 16.0 Å². The lowest BCUT2D eigenvalue weighted by Gasteiger charge is -2.27. The number of nitrogens with zero attached hydrogens (tertiary/aromatic N) is 4. The van der Waals surface area contributed by atoms with E-state index in [9.17, 15) is 24.6 Å². The third kappa shape index (κ3) is 3.92. The SMILES string of the molecule is Cc1nn(-c2ccccc2)c2c1C(=O)C1(C)C(=C2)Oc2c(-c3ccc4c(=O)[nH]c(=O)n(CCC(C)C)c4n3)c(O)c(C)c(O)c21. The number of aromatic amines is 1. The van der Waals surface area contributed by atoms with Gasteiger partial charge in [0.15, 0.2) is 5.78 Å². The molecule has 2 aliphatic rings. The van der Waals surface area contributed by atoms with E-state index in [0.717, 1.165) is 5.69 Å². The van der Waals surface area contributed by atoms with Gasteiger partial charge in [0.2, 0.25) is 0 Å². The Balaban J connectivity index is 1.47. The summed E-state index contributed by atoms with van der Waals surface area (Å²) in [4.78, 5) is 47.1. The van der Waals surface area contributed by atoms with Gasteiger partial charge in [0.05, 0.1) is 44.8 Å². The maximum Gasteiger partial charge on any atom is 0.329 e. The quantitative estimate of drug-likeness (QED) is 0.256. The molecule has 3 aromatic heterocycles. The second-order valence-corrected chi connectivity index (χ2v) is 12.2. The van der Waals surface area contributed by atoms with Gasteiger partial charge in [-0.2, -0.15) is 5.10 Å². The number of nitrogens with one attached hydrogen (secondary N) is 1. The van der Waals surface area contributed by atoms with E-state index < -0.39 is 16.7 Å². The molecule has 0 radical (unpaired) electrons.